The number of hydrogen-bond acceptors (Lipinski definition) is 5. The van der Waals surface area contributed by atoms with Crippen molar-refractivity contribution in [2.75, 3.05) is 31.1 Å². The van der Waals surface area contributed by atoms with E-state index in [9.17, 15) is 0 Å². The van der Waals surface area contributed by atoms with Gasteiger partial charge in [0.15, 0.2) is 0 Å². The highest BCUT2D eigenvalue weighted by molar-refractivity contribution is 5.63. The maximum absolute atomic E-state index is 8.90. The summed E-state index contributed by atoms with van der Waals surface area (Å²) in [6, 6.07) is 10.4. The molecule has 0 amide bonds. The molecule has 1 aromatic heterocycles. The Morgan fingerprint density at radius 2 is 1.50 bits per heavy atom. The van der Waals surface area contributed by atoms with Crippen LogP contribution in [0.5, 0.6) is 0 Å². The average molecular weight is 347 g/mol. The molecule has 0 atom stereocenters. The smallest absolute Gasteiger partial charge is 0.225 e. The van der Waals surface area contributed by atoms with Crippen LogP contribution in [-0.2, 0) is 0 Å². The summed E-state index contributed by atoms with van der Waals surface area (Å²) in [4.78, 5) is 14.2. The third-order valence-electron chi connectivity index (χ3n) is 5.64. The Morgan fingerprint density at radius 3 is 2.12 bits per heavy atom. The van der Waals surface area contributed by atoms with Gasteiger partial charge in [-0.1, -0.05) is 18.6 Å². The normalized spacial score (nSPS) is 19.3. The van der Waals surface area contributed by atoms with Gasteiger partial charge >= 0.3 is 0 Å². The van der Waals surface area contributed by atoms with E-state index in [1.54, 1.807) is 0 Å². The minimum atomic E-state index is 0.669. The Balaban J connectivity index is 1.37. The van der Waals surface area contributed by atoms with E-state index in [-0.39, 0.29) is 0 Å². The second-order valence-electron chi connectivity index (χ2n) is 7.28. The van der Waals surface area contributed by atoms with Crippen molar-refractivity contribution in [1.29, 1.82) is 5.26 Å². The summed E-state index contributed by atoms with van der Waals surface area (Å²) in [5.74, 6) is 0.833. The quantitative estimate of drug-likeness (QED) is 0.851. The Labute approximate surface area is 155 Å². The van der Waals surface area contributed by atoms with Crippen LogP contribution in [0.15, 0.2) is 36.7 Å². The van der Waals surface area contributed by atoms with E-state index >= 15 is 0 Å². The summed E-state index contributed by atoms with van der Waals surface area (Å²) in [5.41, 5.74) is 2.70. The molecule has 2 aliphatic heterocycles. The van der Waals surface area contributed by atoms with Crippen LogP contribution in [0.1, 0.15) is 37.7 Å². The van der Waals surface area contributed by atoms with Gasteiger partial charge in [-0.25, -0.2) is 9.97 Å². The molecule has 0 radical (unpaired) electrons. The lowest BCUT2D eigenvalue weighted by molar-refractivity contribution is 0.141. The fourth-order valence-electron chi connectivity index (χ4n) is 4.09. The molecular formula is C21H25N5. The van der Waals surface area contributed by atoms with Crippen LogP contribution in [0.2, 0.25) is 0 Å². The van der Waals surface area contributed by atoms with Crippen molar-refractivity contribution in [3.63, 3.8) is 0 Å². The first kappa shape index (κ1) is 17.0. The van der Waals surface area contributed by atoms with Gasteiger partial charge in [-0.3, -0.25) is 0 Å². The van der Waals surface area contributed by atoms with Crippen molar-refractivity contribution in [3.05, 3.63) is 42.2 Å². The first-order valence-corrected chi connectivity index (χ1v) is 9.65. The van der Waals surface area contributed by atoms with Gasteiger partial charge in [-0.2, -0.15) is 5.26 Å². The van der Waals surface area contributed by atoms with Crippen molar-refractivity contribution < 1.29 is 0 Å². The lowest BCUT2D eigenvalue weighted by atomic mass is 10.00. The maximum Gasteiger partial charge on any atom is 0.225 e. The van der Waals surface area contributed by atoms with E-state index in [2.05, 4.69) is 25.8 Å². The van der Waals surface area contributed by atoms with E-state index in [0.717, 1.165) is 36.2 Å². The topological polar surface area (TPSA) is 56.1 Å². The lowest BCUT2D eigenvalue weighted by Crippen LogP contribution is -2.47. The number of rotatable bonds is 3. The molecule has 4 rings (SSSR count). The molecule has 3 heterocycles. The van der Waals surface area contributed by atoms with E-state index in [1.807, 2.05) is 36.7 Å². The van der Waals surface area contributed by atoms with Crippen LogP contribution in [0.25, 0.3) is 11.1 Å². The number of nitrogens with zero attached hydrogens (tertiary/aromatic N) is 5. The fourth-order valence-corrected chi connectivity index (χ4v) is 4.09. The van der Waals surface area contributed by atoms with Crippen molar-refractivity contribution in [3.8, 4) is 17.2 Å². The van der Waals surface area contributed by atoms with Crippen LogP contribution < -0.4 is 4.90 Å². The zero-order valence-corrected chi connectivity index (χ0v) is 15.1. The number of anilines is 1. The van der Waals surface area contributed by atoms with Crippen LogP contribution in [0.4, 0.5) is 5.95 Å². The molecule has 2 fully saturated rings. The third-order valence-corrected chi connectivity index (χ3v) is 5.64. The maximum atomic E-state index is 8.90. The number of likely N-dealkylation sites (tertiary alicyclic amines) is 1. The summed E-state index contributed by atoms with van der Waals surface area (Å²) in [6.45, 7) is 4.63. The van der Waals surface area contributed by atoms with Gasteiger partial charge in [0, 0.05) is 37.1 Å². The molecule has 5 nitrogen and oxygen atoms in total. The van der Waals surface area contributed by atoms with Crippen molar-refractivity contribution in [2.24, 2.45) is 0 Å². The average Bonchev–Trinajstić information content (AvgIpc) is 2.75. The third kappa shape index (κ3) is 3.71. The van der Waals surface area contributed by atoms with E-state index < -0.39 is 0 Å². The van der Waals surface area contributed by atoms with Crippen LogP contribution in [0, 0.1) is 11.3 Å². The van der Waals surface area contributed by atoms with Gasteiger partial charge in [0.1, 0.15) is 0 Å². The van der Waals surface area contributed by atoms with E-state index in [1.165, 1.54) is 45.2 Å². The minimum Gasteiger partial charge on any atom is -0.341 e. The first-order chi connectivity index (χ1) is 12.8. The number of nitriles is 1. The predicted molar refractivity (Wildman–Crippen MR) is 103 cm³/mol. The lowest BCUT2D eigenvalue weighted by Gasteiger charge is -2.40. The second-order valence-corrected chi connectivity index (χ2v) is 7.28. The fraction of sp³-hybridized carbons (Fsp3) is 0.476. The standard InChI is InChI=1S/C21H25N5/c22-14-17-4-6-18(7-5-17)19-15-23-21(24-16-19)26-12-8-20(9-13-26)25-10-2-1-3-11-25/h4-7,15-16,20H,1-3,8-13H2. The van der Waals surface area contributed by atoms with Gasteiger partial charge in [-0.05, 0) is 56.5 Å². The molecule has 2 aromatic rings. The van der Waals surface area contributed by atoms with Crippen molar-refractivity contribution in [1.82, 2.24) is 14.9 Å². The highest BCUT2D eigenvalue weighted by Gasteiger charge is 2.26. The molecule has 2 saturated heterocycles. The van der Waals surface area contributed by atoms with Crippen molar-refractivity contribution >= 4 is 5.95 Å². The Hall–Kier alpha value is -2.45. The van der Waals surface area contributed by atoms with Gasteiger partial charge in [-0.15, -0.1) is 0 Å². The monoisotopic (exact) mass is 347 g/mol. The number of piperidine rings is 2. The van der Waals surface area contributed by atoms with Gasteiger partial charge in [0.2, 0.25) is 5.95 Å². The first-order valence-electron chi connectivity index (χ1n) is 9.65. The van der Waals surface area contributed by atoms with Gasteiger partial charge < -0.3 is 9.80 Å². The summed E-state index contributed by atoms with van der Waals surface area (Å²) >= 11 is 0. The minimum absolute atomic E-state index is 0.669. The number of aromatic nitrogens is 2. The summed E-state index contributed by atoms with van der Waals surface area (Å²) in [6.07, 6.45) is 10.3. The van der Waals surface area contributed by atoms with Crippen LogP contribution in [-0.4, -0.2) is 47.1 Å². The van der Waals surface area contributed by atoms with Crippen molar-refractivity contribution in [2.45, 2.75) is 38.1 Å². The molecule has 0 bridgehead atoms. The Kier molecular flexibility index (Phi) is 5.12. The molecule has 0 spiro atoms. The number of hydrogen-bond donors (Lipinski definition) is 0. The largest absolute Gasteiger partial charge is 0.341 e. The molecule has 5 heteroatoms. The molecular weight excluding hydrogens is 322 g/mol. The zero-order chi connectivity index (χ0) is 17.8. The Bertz CT molecular complexity index is 748. The predicted octanol–water partition coefficient (Wildman–Crippen LogP) is 3.47. The van der Waals surface area contributed by atoms with E-state index in [0.29, 0.717) is 5.56 Å². The molecule has 134 valence electrons. The molecule has 0 aliphatic carbocycles. The van der Waals surface area contributed by atoms with Gasteiger partial charge in [0.25, 0.3) is 0 Å². The summed E-state index contributed by atoms with van der Waals surface area (Å²) in [7, 11) is 0. The Morgan fingerprint density at radius 1 is 0.846 bits per heavy atom. The van der Waals surface area contributed by atoms with Crippen LogP contribution >= 0.6 is 0 Å². The molecule has 2 aliphatic rings. The zero-order valence-electron chi connectivity index (χ0n) is 15.1. The summed E-state index contributed by atoms with van der Waals surface area (Å²) in [5, 5.41) is 8.90. The molecule has 0 N–H and O–H groups in total. The van der Waals surface area contributed by atoms with Gasteiger partial charge in [0.05, 0.1) is 11.6 Å². The van der Waals surface area contributed by atoms with Crippen LogP contribution in [0.3, 0.4) is 0 Å². The number of benzene rings is 1. The highest BCUT2D eigenvalue weighted by atomic mass is 15.3. The molecule has 26 heavy (non-hydrogen) atoms. The summed E-state index contributed by atoms with van der Waals surface area (Å²) < 4.78 is 0. The molecule has 0 saturated carbocycles. The molecule has 0 unspecified atom stereocenters. The molecule has 1 aromatic carbocycles. The SMILES string of the molecule is N#Cc1ccc(-c2cnc(N3CCC(N4CCCCC4)CC3)nc2)cc1. The second kappa shape index (κ2) is 7.84. The highest BCUT2D eigenvalue weighted by Crippen LogP contribution is 2.24. The van der Waals surface area contributed by atoms with E-state index in [4.69, 9.17) is 5.26 Å².